The molecule has 2 atom stereocenters. The number of ether oxygens (including phenoxy) is 1. The predicted molar refractivity (Wildman–Crippen MR) is 82.6 cm³/mol. The minimum atomic E-state index is -3.92. The van der Waals surface area contributed by atoms with Crippen LogP contribution >= 0.6 is 0 Å². The average molecular weight is 337 g/mol. The second-order valence-electron chi connectivity index (χ2n) is 6.14. The molecule has 1 aromatic carbocycles. The number of nitrogens with zero attached hydrogens (tertiary/aromatic N) is 1. The standard InChI is InChI=1S/C16H19NO5S/c1-10-5-3-4-6-13(10)17-15(18)12-8-7-11(16(19)22-2)9-14(12)23(17,20)21/h7-10,13H,3-6H2,1-2H3/t10-,13-/m0/s1. The topological polar surface area (TPSA) is 80.8 Å². The average Bonchev–Trinajstić information content (AvgIpc) is 2.74. The van der Waals surface area contributed by atoms with Crippen molar-refractivity contribution in [2.24, 2.45) is 5.92 Å². The number of hydrogen-bond donors (Lipinski definition) is 0. The highest BCUT2D eigenvalue weighted by atomic mass is 32.2. The summed E-state index contributed by atoms with van der Waals surface area (Å²) in [5.41, 5.74) is 0.261. The van der Waals surface area contributed by atoms with Crippen molar-refractivity contribution >= 4 is 21.9 Å². The van der Waals surface area contributed by atoms with Crippen LogP contribution in [0.2, 0.25) is 0 Å². The summed E-state index contributed by atoms with van der Waals surface area (Å²) in [5.74, 6) is -0.980. The van der Waals surface area contributed by atoms with Gasteiger partial charge in [0.05, 0.1) is 24.3 Å². The van der Waals surface area contributed by atoms with E-state index in [2.05, 4.69) is 4.74 Å². The van der Waals surface area contributed by atoms with Crippen LogP contribution in [0.15, 0.2) is 23.1 Å². The van der Waals surface area contributed by atoms with Crippen LogP contribution in [0.1, 0.15) is 53.3 Å². The molecule has 124 valence electrons. The molecule has 0 unspecified atom stereocenters. The number of esters is 1. The molecular formula is C16H19NO5S. The first-order valence-corrected chi connectivity index (χ1v) is 9.13. The molecule has 0 spiro atoms. The zero-order chi connectivity index (χ0) is 16.8. The number of rotatable bonds is 2. The van der Waals surface area contributed by atoms with E-state index in [0.717, 1.165) is 23.6 Å². The summed E-state index contributed by atoms with van der Waals surface area (Å²) in [6, 6.07) is 3.75. The summed E-state index contributed by atoms with van der Waals surface area (Å²) in [7, 11) is -2.69. The largest absolute Gasteiger partial charge is 0.465 e. The van der Waals surface area contributed by atoms with Gasteiger partial charge < -0.3 is 4.74 Å². The van der Waals surface area contributed by atoms with E-state index in [1.54, 1.807) is 0 Å². The number of carbonyl (C=O) groups is 2. The molecule has 0 bridgehead atoms. The minimum Gasteiger partial charge on any atom is -0.465 e. The number of methoxy groups -OCH3 is 1. The number of fused-ring (bicyclic) bond motifs is 1. The van der Waals surface area contributed by atoms with E-state index in [9.17, 15) is 18.0 Å². The molecule has 1 aliphatic carbocycles. The van der Waals surface area contributed by atoms with Gasteiger partial charge in [0.25, 0.3) is 15.9 Å². The summed E-state index contributed by atoms with van der Waals surface area (Å²) in [6.45, 7) is 1.98. The SMILES string of the molecule is COC(=O)c1ccc2c(c1)S(=O)(=O)N([C@H]1CCCC[C@@H]1C)C2=O. The Hall–Kier alpha value is -1.89. The maximum Gasteiger partial charge on any atom is 0.337 e. The number of benzene rings is 1. The van der Waals surface area contributed by atoms with E-state index >= 15 is 0 Å². The Morgan fingerprint density at radius 3 is 2.61 bits per heavy atom. The molecule has 1 saturated carbocycles. The Balaban J connectivity index is 2.06. The first-order chi connectivity index (χ1) is 10.9. The van der Waals surface area contributed by atoms with Crippen LogP contribution in [0.4, 0.5) is 0 Å². The second-order valence-corrected chi connectivity index (χ2v) is 7.92. The lowest BCUT2D eigenvalue weighted by Gasteiger charge is -2.34. The fourth-order valence-corrected chi connectivity index (χ4v) is 5.37. The number of sulfonamides is 1. The Labute approximate surface area is 135 Å². The number of carbonyl (C=O) groups excluding carboxylic acids is 2. The van der Waals surface area contributed by atoms with E-state index in [1.807, 2.05) is 6.92 Å². The maximum atomic E-state index is 12.9. The number of hydrogen-bond acceptors (Lipinski definition) is 5. The molecule has 3 rings (SSSR count). The van der Waals surface area contributed by atoms with Crippen molar-refractivity contribution in [3.8, 4) is 0 Å². The zero-order valence-electron chi connectivity index (χ0n) is 13.1. The third-order valence-corrected chi connectivity index (χ3v) is 6.59. The molecule has 1 heterocycles. The van der Waals surface area contributed by atoms with Crippen molar-refractivity contribution in [1.29, 1.82) is 0 Å². The van der Waals surface area contributed by atoms with Gasteiger partial charge >= 0.3 is 5.97 Å². The second kappa shape index (κ2) is 5.63. The molecule has 23 heavy (non-hydrogen) atoms. The first kappa shape index (κ1) is 16.0. The van der Waals surface area contributed by atoms with Crippen molar-refractivity contribution in [2.45, 2.75) is 43.5 Å². The first-order valence-electron chi connectivity index (χ1n) is 7.69. The van der Waals surface area contributed by atoms with Crippen molar-refractivity contribution in [1.82, 2.24) is 4.31 Å². The summed E-state index contributed by atoms with van der Waals surface area (Å²) in [6.07, 6.45) is 3.56. The molecule has 2 aliphatic rings. The van der Waals surface area contributed by atoms with Gasteiger partial charge in [-0.2, -0.15) is 0 Å². The molecule has 0 radical (unpaired) electrons. The van der Waals surface area contributed by atoms with Crippen LogP contribution in [-0.2, 0) is 14.8 Å². The van der Waals surface area contributed by atoms with Gasteiger partial charge in [-0.3, -0.25) is 4.79 Å². The smallest absolute Gasteiger partial charge is 0.337 e. The van der Waals surface area contributed by atoms with E-state index < -0.39 is 21.9 Å². The highest BCUT2D eigenvalue weighted by Crippen LogP contribution is 2.38. The molecule has 0 saturated heterocycles. The molecule has 1 aliphatic heterocycles. The number of amides is 1. The van der Waals surface area contributed by atoms with Gasteiger partial charge in [-0.25, -0.2) is 17.5 Å². The monoisotopic (exact) mass is 337 g/mol. The summed E-state index contributed by atoms with van der Waals surface area (Å²) in [5, 5.41) is 0. The Morgan fingerprint density at radius 2 is 1.96 bits per heavy atom. The molecule has 0 aromatic heterocycles. The molecule has 1 fully saturated rings. The van der Waals surface area contributed by atoms with E-state index in [-0.39, 0.29) is 28.0 Å². The van der Waals surface area contributed by atoms with Crippen molar-refractivity contribution < 1.29 is 22.7 Å². The molecule has 1 amide bonds. The zero-order valence-corrected chi connectivity index (χ0v) is 13.9. The van der Waals surface area contributed by atoms with Crippen molar-refractivity contribution in [3.05, 3.63) is 29.3 Å². The van der Waals surface area contributed by atoms with E-state index in [1.165, 1.54) is 25.3 Å². The minimum absolute atomic E-state index is 0.0943. The molecule has 0 N–H and O–H groups in total. The fraction of sp³-hybridized carbons (Fsp3) is 0.500. The van der Waals surface area contributed by atoms with Crippen molar-refractivity contribution in [2.75, 3.05) is 7.11 Å². The van der Waals surface area contributed by atoms with Crippen LogP contribution < -0.4 is 0 Å². The quantitative estimate of drug-likeness (QED) is 0.773. The van der Waals surface area contributed by atoms with E-state index in [0.29, 0.717) is 6.42 Å². The Bertz CT molecular complexity index is 771. The fourth-order valence-electron chi connectivity index (χ4n) is 3.47. The molecule has 6 nitrogen and oxygen atoms in total. The van der Waals surface area contributed by atoms with Gasteiger partial charge in [0.1, 0.15) is 4.90 Å². The van der Waals surface area contributed by atoms with Gasteiger partial charge in [0, 0.05) is 0 Å². The molecule has 7 heteroatoms. The van der Waals surface area contributed by atoms with Crippen LogP contribution in [0.25, 0.3) is 0 Å². The van der Waals surface area contributed by atoms with Crippen LogP contribution in [0, 0.1) is 5.92 Å². The third kappa shape index (κ3) is 2.43. The maximum absolute atomic E-state index is 12.9. The molecule has 1 aromatic rings. The summed E-state index contributed by atoms with van der Waals surface area (Å²) in [4.78, 5) is 24.2. The van der Waals surface area contributed by atoms with E-state index in [4.69, 9.17) is 0 Å². The van der Waals surface area contributed by atoms with Gasteiger partial charge in [-0.05, 0) is 37.0 Å². The normalized spacial score (nSPS) is 26.0. The van der Waals surface area contributed by atoms with Gasteiger partial charge in [-0.15, -0.1) is 0 Å². The van der Waals surface area contributed by atoms with Crippen LogP contribution in [0.3, 0.4) is 0 Å². The van der Waals surface area contributed by atoms with Crippen LogP contribution in [0.5, 0.6) is 0 Å². The van der Waals surface area contributed by atoms with Gasteiger partial charge in [0.2, 0.25) is 0 Å². The lowest BCUT2D eigenvalue weighted by Crippen LogP contribution is -2.44. The van der Waals surface area contributed by atoms with Gasteiger partial charge in [-0.1, -0.05) is 19.8 Å². The van der Waals surface area contributed by atoms with Crippen molar-refractivity contribution in [3.63, 3.8) is 0 Å². The predicted octanol–water partition coefficient (Wildman–Crippen LogP) is 2.20. The highest BCUT2D eigenvalue weighted by Gasteiger charge is 2.47. The lowest BCUT2D eigenvalue weighted by atomic mass is 9.86. The van der Waals surface area contributed by atoms with Gasteiger partial charge in [0.15, 0.2) is 0 Å². The summed E-state index contributed by atoms with van der Waals surface area (Å²) >= 11 is 0. The lowest BCUT2D eigenvalue weighted by molar-refractivity contribution is 0.0599. The van der Waals surface area contributed by atoms with Crippen LogP contribution in [-0.4, -0.2) is 37.8 Å². The Morgan fingerprint density at radius 1 is 1.26 bits per heavy atom. The Kier molecular flexibility index (Phi) is 3.91. The molecular weight excluding hydrogens is 318 g/mol. The summed E-state index contributed by atoms with van der Waals surface area (Å²) < 4.78 is 31.4. The highest BCUT2D eigenvalue weighted by molar-refractivity contribution is 7.90. The third-order valence-electron chi connectivity index (χ3n) is 4.74.